The van der Waals surface area contributed by atoms with Crippen LogP contribution in [0, 0.1) is 5.82 Å². The maximum Gasteiger partial charge on any atom is 0.360 e. The minimum Gasteiger partial charge on any atom is -0.466 e. The van der Waals surface area contributed by atoms with Gasteiger partial charge in [-0.25, -0.2) is 18.7 Å². The van der Waals surface area contributed by atoms with Crippen molar-refractivity contribution in [3.63, 3.8) is 0 Å². The van der Waals surface area contributed by atoms with Gasteiger partial charge in [0.1, 0.15) is 0 Å². The van der Waals surface area contributed by atoms with Gasteiger partial charge in [0, 0.05) is 0 Å². The first-order valence-electron chi connectivity index (χ1n) is 9.08. The van der Waals surface area contributed by atoms with Crippen LogP contribution in [0.5, 0.6) is 0 Å². The largest absolute Gasteiger partial charge is 0.466 e. The number of nitrogens with zero attached hydrogens (tertiary/aromatic N) is 2. The molecule has 1 aliphatic carbocycles. The summed E-state index contributed by atoms with van der Waals surface area (Å²) in [5.74, 6) is -2.28. The number of halogens is 1. The second kappa shape index (κ2) is 7.90. The highest BCUT2D eigenvalue weighted by Gasteiger charge is 2.45. The zero-order valence-corrected chi connectivity index (χ0v) is 15.5. The van der Waals surface area contributed by atoms with E-state index in [1.807, 2.05) is 37.3 Å². The van der Waals surface area contributed by atoms with E-state index in [1.54, 1.807) is 0 Å². The number of hydrogen-bond acceptors (Lipinski definition) is 5. The second-order valence-corrected chi connectivity index (χ2v) is 6.81. The lowest BCUT2D eigenvalue weighted by Crippen LogP contribution is -2.46. The van der Waals surface area contributed by atoms with E-state index in [0.29, 0.717) is 12.8 Å². The van der Waals surface area contributed by atoms with Gasteiger partial charge in [-0.1, -0.05) is 36.8 Å². The van der Waals surface area contributed by atoms with Crippen LogP contribution in [0.2, 0.25) is 0 Å². The van der Waals surface area contributed by atoms with Crippen molar-refractivity contribution in [2.24, 2.45) is 0 Å². The molecule has 0 bridgehead atoms. The normalized spacial score (nSPS) is 17.1. The van der Waals surface area contributed by atoms with Crippen molar-refractivity contribution in [3.05, 3.63) is 53.6 Å². The van der Waals surface area contributed by atoms with Gasteiger partial charge >= 0.3 is 11.9 Å². The molecule has 0 N–H and O–H groups in total. The lowest BCUT2D eigenvalue weighted by atomic mass is 9.84. The van der Waals surface area contributed by atoms with Gasteiger partial charge in [-0.05, 0) is 38.2 Å². The molecule has 1 aliphatic rings. The summed E-state index contributed by atoms with van der Waals surface area (Å²) in [5, 5.41) is 4.02. The van der Waals surface area contributed by atoms with E-state index in [1.165, 1.54) is 11.8 Å². The van der Waals surface area contributed by atoms with Crippen LogP contribution in [-0.4, -0.2) is 34.4 Å². The lowest BCUT2D eigenvalue weighted by molar-refractivity contribution is -0.166. The number of ether oxygens (including phenoxy) is 2. The summed E-state index contributed by atoms with van der Waals surface area (Å²) >= 11 is 0. The molecule has 1 aromatic heterocycles. The third-order valence-corrected chi connectivity index (χ3v) is 5.10. The Labute approximate surface area is 157 Å². The van der Waals surface area contributed by atoms with Gasteiger partial charge in [0.05, 0.1) is 19.3 Å². The number of aromatic nitrogens is 2. The molecule has 144 valence electrons. The standard InChI is InChI=1S/C20H23FN2O4/c1-14(15-9-5-3-6-10-15)23-17(16(21)13-22-23)18(24)27-20(19(25)26-2)11-7-4-8-12-20/h3,5-6,9-10,13-14H,4,7-8,11-12H2,1-2H3/t14-/m1/s1. The zero-order chi connectivity index (χ0) is 19.4. The number of esters is 2. The molecule has 1 heterocycles. The average Bonchev–Trinajstić information content (AvgIpc) is 3.09. The zero-order valence-electron chi connectivity index (χ0n) is 15.5. The SMILES string of the molecule is COC(=O)C1(OC(=O)c2c(F)cnn2[C@H](C)c2ccccc2)CCCCC1. The molecule has 0 amide bonds. The molecule has 7 heteroatoms. The predicted molar refractivity (Wildman–Crippen MR) is 95.7 cm³/mol. The summed E-state index contributed by atoms with van der Waals surface area (Å²) in [6, 6.07) is 8.96. The molecule has 1 aromatic carbocycles. The van der Waals surface area contributed by atoms with E-state index in [2.05, 4.69) is 5.10 Å². The maximum absolute atomic E-state index is 14.4. The molecule has 0 aliphatic heterocycles. The van der Waals surface area contributed by atoms with Gasteiger partial charge in [0.15, 0.2) is 11.5 Å². The molecule has 1 saturated carbocycles. The highest BCUT2D eigenvalue weighted by Crippen LogP contribution is 2.34. The number of hydrogen-bond donors (Lipinski definition) is 0. The lowest BCUT2D eigenvalue weighted by Gasteiger charge is -2.33. The van der Waals surface area contributed by atoms with Crippen molar-refractivity contribution in [3.8, 4) is 0 Å². The number of carbonyl (C=O) groups excluding carboxylic acids is 2. The van der Waals surface area contributed by atoms with Crippen molar-refractivity contribution in [2.75, 3.05) is 7.11 Å². The third kappa shape index (κ3) is 3.72. The van der Waals surface area contributed by atoms with Crippen LogP contribution in [-0.2, 0) is 14.3 Å². The Kier molecular flexibility index (Phi) is 5.58. The fourth-order valence-electron chi connectivity index (χ4n) is 3.58. The summed E-state index contributed by atoms with van der Waals surface area (Å²) in [7, 11) is 1.26. The van der Waals surface area contributed by atoms with Crippen LogP contribution in [0.15, 0.2) is 36.5 Å². The van der Waals surface area contributed by atoms with Crippen molar-refractivity contribution in [2.45, 2.75) is 50.7 Å². The van der Waals surface area contributed by atoms with Gasteiger partial charge in [-0.15, -0.1) is 0 Å². The van der Waals surface area contributed by atoms with Crippen LogP contribution >= 0.6 is 0 Å². The second-order valence-electron chi connectivity index (χ2n) is 6.81. The van der Waals surface area contributed by atoms with Crippen LogP contribution in [0.4, 0.5) is 4.39 Å². The van der Waals surface area contributed by atoms with Crippen molar-refractivity contribution >= 4 is 11.9 Å². The molecule has 0 spiro atoms. The predicted octanol–water partition coefficient (Wildman–Crippen LogP) is 3.66. The third-order valence-electron chi connectivity index (χ3n) is 5.10. The number of carbonyl (C=O) groups is 2. The van der Waals surface area contributed by atoms with Gasteiger partial charge in [-0.2, -0.15) is 5.10 Å². The Hall–Kier alpha value is -2.70. The minimum atomic E-state index is -1.36. The Morgan fingerprint density at radius 1 is 1.19 bits per heavy atom. The molecule has 27 heavy (non-hydrogen) atoms. The van der Waals surface area contributed by atoms with Crippen LogP contribution in [0.3, 0.4) is 0 Å². The molecular weight excluding hydrogens is 351 g/mol. The smallest absolute Gasteiger partial charge is 0.360 e. The monoisotopic (exact) mass is 374 g/mol. The van der Waals surface area contributed by atoms with E-state index >= 15 is 0 Å². The summed E-state index contributed by atoms with van der Waals surface area (Å²) in [4.78, 5) is 25.1. The van der Waals surface area contributed by atoms with Crippen molar-refractivity contribution < 1.29 is 23.5 Å². The Morgan fingerprint density at radius 3 is 2.48 bits per heavy atom. The summed E-state index contributed by atoms with van der Waals surface area (Å²) < 4.78 is 26.1. The van der Waals surface area contributed by atoms with E-state index < -0.39 is 23.4 Å². The van der Waals surface area contributed by atoms with E-state index in [4.69, 9.17) is 9.47 Å². The fourth-order valence-corrected chi connectivity index (χ4v) is 3.58. The first-order valence-corrected chi connectivity index (χ1v) is 9.08. The van der Waals surface area contributed by atoms with Crippen LogP contribution in [0.1, 0.15) is 61.1 Å². The molecule has 6 nitrogen and oxygen atoms in total. The molecular formula is C20H23FN2O4. The Balaban J connectivity index is 1.91. The number of rotatable bonds is 5. The van der Waals surface area contributed by atoms with Crippen LogP contribution in [0.25, 0.3) is 0 Å². The van der Waals surface area contributed by atoms with Crippen molar-refractivity contribution in [1.82, 2.24) is 9.78 Å². The highest BCUT2D eigenvalue weighted by molar-refractivity contribution is 5.91. The number of methoxy groups -OCH3 is 1. The topological polar surface area (TPSA) is 70.4 Å². The molecule has 1 fully saturated rings. The number of benzene rings is 1. The molecule has 0 radical (unpaired) electrons. The van der Waals surface area contributed by atoms with Gasteiger partial charge in [-0.3, -0.25) is 0 Å². The fraction of sp³-hybridized carbons (Fsp3) is 0.450. The van der Waals surface area contributed by atoms with E-state index in [9.17, 15) is 14.0 Å². The Morgan fingerprint density at radius 2 is 1.85 bits per heavy atom. The van der Waals surface area contributed by atoms with Gasteiger partial charge in [0.25, 0.3) is 0 Å². The highest BCUT2D eigenvalue weighted by atomic mass is 19.1. The molecule has 0 unspecified atom stereocenters. The molecule has 0 saturated heterocycles. The molecule has 3 rings (SSSR count). The van der Waals surface area contributed by atoms with Crippen molar-refractivity contribution in [1.29, 1.82) is 0 Å². The van der Waals surface area contributed by atoms with Crippen LogP contribution < -0.4 is 0 Å². The average molecular weight is 374 g/mol. The minimum absolute atomic E-state index is 0.291. The Bertz CT molecular complexity index is 813. The quantitative estimate of drug-likeness (QED) is 0.747. The van der Waals surface area contributed by atoms with Gasteiger partial charge in [0.2, 0.25) is 5.60 Å². The first kappa shape index (κ1) is 19.1. The van der Waals surface area contributed by atoms with E-state index in [0.717, 1.165) is 31.0 Å². The maximum atomic E-state index is 14.4. The van der Waals surface area contributed by atoms with Gasteiger partial charge < -0.3 is 9.47 Å². The summed E-state index contributed by atoms with van der Waals surface area (Å²) in [6.07, 6.45) is 4.16. The summed E-state index contributed by atoms with van der Waals surface area (Å²) in [5.41, 5.74) is -0.781. The summed E-state index contributed by atoms with van der Waals surface area (Å²) in [6.45, 7) is 1.81. The first-order chi connectivity index (χ1) is 13.0. The molecule has 1 atom stereocenters. The molecule has 2 aromatic rings. The van der Waals surface area contributed by atoms with E-state index in [-0.39, 0.29) is 11.7 Å².